The van der Waals surface area contributed by atoms with Crippen molar-refractivity contribution in [3.05, 3.63) is 96.0 Å². The largest absolute Gasteiger partial charge is 0.253 e. The molecule has 3 aromatic carbocycles. The van der Waals surface area contributed by atoms with Gasteiger partial charge in [0.05, 0.1) is 68.4 Å². The first-order chi connectivity index (χ1) is 18.7. The lowest BCUT2D eigenvalue weighted by molar-refractivity contribution is 1.10. The minimum absolute atomic E-state index is 0.777. The van der Waals surface area contributed by atoms with Gasteiger partial charge in [-0.25, -0.2) is 15.0 Å². The van der Waals surface area contributed by atoms with Crippen molar-refractivity contribution < 1.29 is 0 Å². The Kier molecular flexibility index (Phi) is 7.22. The van der Waals surface area contributed by atoms with Crippen molar-refractivity contribution in [2.24, 2.45) is 0 Å². The summed E-state index contributed by atoms with van der Waals surface area (Å²) in [6.45, 7) is 7.93. The third kappa shape index (κ3) is 4.89. The SMILES string of the molecule is C/C=c1/ncc(-c2cc(-c3cnc4ccccc4n3)cc(-c3cnc4ccccc4n3)c2)n/c1=C/C.CC. The molecule has 0 saturated carbocycles. The van der Waals surface area contributed by atoms with Crippen LogP contribution < -0.4 is 10.7 Å². The molecule has 0 fully saturated rings. The maximum atomic E-state index is 4.88. The molecule has 0 radical (unpaired) electrons. The first kappa shape index (κ1) is 24.8. The molecule has 0 saturated heterocycles. The Balaban J connectivity index is 0.00000144. The summed E-state index contributed by atoms with van der Waals surface area (Å²) in [7, 11) is 0. The Morgan fingerprint density at radius 1 is 0.474 bits per heavy atom. The smallest absolute Gasteiger partial charge is 0.0894 e. The first-order valence-electron chi connectivity index (χ1n) is 12.8. The zero-order chi connectivity index (χ0) is 26.5. The normalized spacial score (nSPS) is 12.0. The predicted octanol–water partition coefficient (Wildman–Crippen LogP) is 5.99. The fourth-order valence-corrected chi connectivity index (χ4v) is 4.25. The summed E-state index contributed by atoms with van der Waals surface area (Å²) in [5.74, 6) is 0. The number of fused-ring (bicyclic) bond motifs is 2. The molecule has 0 spiro atoms. The summed E-state index contributed by atoms with van der Waals surface area (Å²) in [5.41, 5.74) is 8.51. The van der Waals surface area contributed by atoms with Crippen molar-refractivity contribution in [3.63, 3.8) is 0 Å². The van der Waals surface area contributed by atoms with Crippen LogP contribution in [0, 0.1) is 0 Å². The Labute approximate surface area is 221 Å². The number of benzene rings is 3. The molecule has 6 nitrogen and oxygen atoms in total. The minimum atomic E-state index is 0.777. The van der Waals surface area contributed by atoms with Crippen LogP contribution in [0.15, 0.2) is 85.3 Å². The highest BCUT2D eigenvalue weighted by Crippen LogP contribution is 2.31. The van der Waals surface area contributed by atoms with Crippen LogP contribution in [0.3, 0.4) is 0 Å². The highest BCUT2D eigenvalue weighted by Gasteiger charge is 2.12. The highest BCUT2D eigenvalue weighted by molar-refractivity contribution is 5.83. The summed E-state index contributed by atoms with van der Waals surface area (Å²) >= 11 is 0. The van der Waals surface area contributed by atoms with Gasteiger partial charge in [-0.15, -0.1) is 0 Å². The van der Waals surface area contributed by atoms with E-state index >= 15 is 0 Å². The van der Waals surface area contributed by atoms with Gasteiger partial charge >= 0.3 is 0 Å². The monoisotopic (exact) mass is 496 g/mol. The van der Waals surface area contributed by atoms with Crippen molar-refractivity contribution >= 4 is 34.2 Å². The van der Waals surface area contributed by atoms with Crippen LogP contribution in [0.4, 0.5) is 0 Å². The van der Waals surface area contributed by atoms with Crippen LogP contribution in [0.2, 0.25) is 0 Å². The summed E-state index contributed by atoms with van der Waals surface area (Å²) in [6.07, 6.45) is 9.36. The van der Waals surface area contributed by atoms with E-state index in [4.69, 9.17) is 15.0 Å². The Bertz CT molecular complexity index is 1780. The van der Waals surface area contributed by atoms with Crippen LogP contribution in [0.25, 0.3) is 68.0 Å². The van der Waals surface area contributed by atoms with Gasteiger partial charge in [-0.05, 0) is 56.3 Å². The number of rotatable bonds is 3. The molecule has 186 valence electrons. The summed E-state index contributed by atoms with van der Waals surface area (Å²) in [6, 6.07) is 22.0. The molecular formula is C32H28N6. The Morgan fingerprint density at radius 2 is 0.868 bits per heavy atom. The second-order valence-corrected chi connectivity index (χ2v) is 8.39. The maximum absolute atomic E-state index is 4.88. The topological polar surface area (TPSA) is 77.3 Å². The van der Waals surface area contributed by atoms with Crippen LogP contribution in [-0.4, -0.2) is 29.9 Å². The van der Waals surface area contributed by atoms with E-state index in [9.17, 15) is 0 Å². The van der Waals surface area contributed by atoms with Gasteiger partial charge in [0.25, 0.3) is 0 Å². The molecule has 0 aliphatic rings. The Morgan fingerprint density at radius 3 is 1.32 bits per heavy atom. The molecule has 6 rings (SSSR count). The van der Waals surface area contributed by atoms with Crippen LogP contribution in [0.1, 0.15) is 27.7 Å². The van der Waals surface area contributed by atoms with E-state index in [1.54, 1.807) is 0 Å². The molecule has 0 unspecified atom stereocenters. The van der Waals surface area contributed by atoms with E-state index in [0.717, 1.165) is 66.5 Å². The fraction of sp³-hybridized carbons (Fsp3) is 0.125. The van der Waals surface area contributed by atoms with Crippen molar-refractivity contribution in [1.29, 1.82) is 0 Å². The molecule has 6 heteroatoms. The highest BCUT2D eigenvalue weighted by atomic mass is 14.8. The van der Waals surface area contributed by atoms with Gasteiger partial charge in [0.2, 0.25) is 0 Å². The van der Waals surface area contributed by atoms with E-state index in [-0.39, 0.29) is 0 Å². The second-order valence-electron chi connectivity index (χ2n) is 8.39. The van der Waals surface area contributed by atoms with Gasteiger partial charge in [0, 0.05) is 16.7 Å². The van der Waals surface area contributed by atoms with Gasteiger partial charge in [0.1, 0.15) is 0 Å². The molecule has 6 aromatic rings. The quantitative estimate of drug-likeness (QED) is 0.299. The average Bonchev–Trinajstić information content (AvgIpc) is 3.01. The molecule has 3 heterocycles. The van der Waals surface area contributed by atoms with E-state index in [0.29, 0.717) is 0 Å². The number of para-hydroxylation sites is 4. The van der Waals surface area contributed by atoms with Crippen molar-refractivity contribution in [2.75, 3.05) is 0 Å². The van der Waals surface area contributed by atoms with E-state index in [1.807, 2.05) is 107 Å². The molecular weight excluding hydrogens is 468 g/mol. The predicted molar refractivity (Wildman–Crippen MR) is 155 cm³/mol. The van der Waals surface area contributed by atoms with Crippen molar-refractivity contribution in [1.82, 2.24) is 29.9 Å². The van der Waals surface area contributed by atoms with Crippen molar-refractivity contribution in [3.8, 4) is 33.8 Å². The zero-order valence-corrected chi connectivity index (χ0v) is 21.9. The van der Waals surface area contributed by atoms with E-state index in [1.165, 1.54) is 0 Å². The zero-order valence-electron chi connectivity index (χ0n) is 21.9. The minimum Gasteiger partial charge on any atom is -0.253 e. The first-order valence-corrected chi connectivity index (χ1v) is 12.8. The number of hydrogen-bond donors (Lipinski definition) is 0. The summed E-state index contributed by atoms with van der Waals surface area (Å²) in [5, 5.41) is 1.70. The van der Waals surface area contributed by atoms with Crippen molar-refractivity contribution in [2.45, 2.75) is 27.7 Å². The molecule has 0 atom stereocenters. The van der Waals surface area contributed by atoms with Crippen LogP contribution >= 0.6 is 0 Å². The lowest BCUT2D eigenvalue weighted by atomic mass is 10.00. The fourth-order valence-electron chi connectivity index (χ4n) is 4.25. The lowest BCUT2D eigenvalue weighted by Crippen LogP contribution is -2.31. The second kappa shape index (κ2) is 11.0. The lowest BCUT2D eigenvalue weighted by Gasteiger charge is -2.10. The van der Waals surface area contributed by atoms with Gasteiger partial charge < -0.3 is 0 Å². The van der Waals surface area contributed by atoms with Gasteiger partial charge in [0.15, 0.2) is 0 Å². The summed E-state index contributed by atoms with van der Waals surface area (Å²) < 4.78 is 0. The maximum Gasteiger partial charge on any atom is 0.0894 e. The third-order valence-electron chi connectivity index (χ3n) is 6.09. The average molecular weight is 497 g/mol. The molecule has 0 aliphatic heterocycles. The molecule has 0 bridgehead atoms. The molecule has 0 N–H and O–H groups in total. The number of aromatic nitrogens is 6. The summed E-state index contributed by atoms with van der Waals surface area (Å²) in [4.78, 5) is 28.5. The number of hydrogen-bond acceptors (Lipinski definition) is 6. The molecule has 38 heavy (non-hydrogen) atoms. The van der Waals surface area contributed by atoms with Crippen LogP contribution in [0.5, 0.6) is 0 Å². The van der Waals surface area contributed by atoms with Crippen LogP contribution in [-0.2, 0) is 0 Å². The standard InChI is InChI=1S/C30H22N6.C2H6/c1-3-22-23(4-2)34-28(16-31-22)19-13-20(29-17-32-24-9-5-7-11-26(24)35-29)15-21(14-19)30-18-33-25-10-6-8-12-27(25)36-30;1-2/h3-18H,1-2H3;1-2H3/b22-3+,23-4+;. The number of nitrogens with zero attached hydrogens (tertiary/aromatic N) is 6. The van der Waals surface area contributed by atoms with E-state index in [2.05, 4.69) is 33.2 Å². The van der Waals surface area contributed by atoms with Gasteiger partial charge in [-0.1, -0.05) is 50.3 Å². The molecule has 0 amide bonds. The van der Waals surface area contributed by atoms with Gasteiger partial charge in [-0.2, -0.15) is 0 Å². The molecule has 0 aliphatic carbocycles. The Hall–Kier alpha value is -4.84. The van der Waals surface area contributed by atoms with Gasteiger partial charge in [-0.3, -0.25) is 15.0 Å². The van der Waals surface area contributed by atoms with E-state index < -0.39 is 0 Å². The molecule has 3 aromatic heterocycles. The third-order valence-corrected chi connectivity index (χ3v) is 6.09.